The number of ether oxygens (including phenoxy) is 3. The summed E-state index contributed by atoms with van der Waals surface area (Å²) < 4.78 is 18.2. The Balaban J connectivity index is 1.48. The van der Waals surface area contributed by atoms with Crippen molar-refractivity contribution in [2.24, 2.45) is 16.7 Å². The van der Waals surface area contributed by atoms with Gasteiger partial charge in [0, 0.05) is 5.41 Å². The second-order valence-electron chi connectivity index (χ2n) is 10.4. The van der Waals surface area contributed by atoms with Crippen LogP contribution in [0, 0.1) is 28.1 Å². The van der Waals surface area contributed by atoms with Crippen molar-refractivity contribution in [3.8, 4) is 6.07 Å². The van der Waals surface area contributed by atoms with Crippen molar-refractivity contribution in [1.29, 1.82) is 5.26 Å². The van der Waals surface area contributed by atoms with Gasteiger partial charge in [0.05, 0.1) is 5.69 Å². The molecule has 0 bridgehead atoms. The lowest BCUT2D eigenvalue weighted by Crippen LogP contribution is -2.41. The number of rotatable bonds is 5. The molecule has 1 aliphatic heterocycles. The first-order valence-electron chi connectivity index (χ1n) is 11.8. The Morgan fingerprint density at radius 3 is 2.74 bits per heavy atom. The first kappa shape index (κ1) is 25.2. The molecule has 0 spiro atoms. The van der Waals surface area contributed by atoms with E-state index in [9.17, 15) is 20.3 Å². The van der Waals surface area contributed by atoms with Crippen LogP contribution in [-0.2, 0) is 19.8 Å². The van der Waals surface area contributed by atoms with Gasteiger partial charge in [-0.1, -0.05) is 34.6 Å². The number of aromatic nitrogens is 3. The normalized spacial score (nSPS) is 36.2. The van der Waals surface area contributed by atoms with Crippen LogP contribution in [0.1, 0.15) is 53.2 Å². The number of carbonyl (C=O) groups is 1. The standard InChI is InChI=1S/C24H33N5O6/c1-6-23(5)17(9-13(2)22(23,3)4)34-21(32)33-10-15-18(30)19(31)24(11-25,35-15)16-8-7-14-20(26)27-12-28-29(14)16/h7-8,12-13,15,17-19,30-31H,6,9-10H2,1-5H3,(H2,26,27,28)/t13?,15-,17+,18-,19-,23+,24+/m1/s1. The van der Waals surface area contributed by atoms with Gasteiger partial charge in [-0.05, 0) is 36.3 Å². The summed E-state index contributed by atoms with van der Waals surface area (Å²) in [5, 5.41) is 35.5. The number of anilines is 1. The SMILES string of the molecule is CC[C@@]1(C)[C@@H](OC(=O)OC[C@H]2O[C@@](C#N)(c3ccc4c(N)ncnn34)[C@H](O)[C@@H]2O)CC(C)C1(C)C. The summed E-state index contributed by atoms with van der Waals surface area (Å²) in [6.07, 6.45) is -2.74. The first-order chi connectivity index (χ1) is 16.4. The minimum Gasteiger partial charge on any atom is -0.431 e. The number of carbonyl (C=O) groups excluding carboxylic acids is 1. The van der Waals surface area contributed by atoms with Crippen molar-refractivity contribution < 1.29 is 29.2 Å². The fraction of sp³-hybridized carbons (Fsp3) is 0.667. The Bertz CT molecular complexity index is 1160. The van der Waals surface area contributed by atoms with Crippen LogP contribution in [-0.4, -0.2) is 62.0 Å². The number of hydrogen-bond acceptors (Lipinski definition) is 10. The zero-order chi connectivity index (χ0) is 25.8. The molecule has 190 valence electrons. The molecule has 4 N–H and O–H groups in total. The number of aliphatic hydroxyl groups is 2. The van der Waals surface area contributed by atoms with E-state index in [2.05, 4.69) is 44.7 Å². The molecule has 11 nitrogen and oxygen atoms in total. The summed E-state index contributed by atoms with van der Waals surface area (Å²) in [4.78, 5) is 16.5. The van der Waals surface area contributed by atoms with Gasteiger partial charge in [-0.2, -0.15) is 10.4 Å². The largest absolute Gasteiger partial charge is 0.508 e. The van der Waals surface area contributed by atoms with Gasteiger partial charge in [-0.15, -0.1) is 0 Å². The molecule has 3 heterocycles. The molecule has 2 aromatic rings. The van der Waals surface area contributed by atoms with E-state index in [1.807, 2.05) is 6.07 Å². The van der Waals surface area contributed by atoms with Crippen LogP contribution in [0.15, 0.2) is 18.5 Å². The Labute approximate surface area is 203 Å². The Hall–Kier alpha value is -2.94. The smallest absolute Gasteiger partial charge is 0.431 e. The Kier molecular flexibility index (Phi) is 6.20. The maximum absolute atomic E-state index is 12.6. The molecule has 1 saturated carbocycles. The summed E-state index contributed by atoms with van der Waals surface area (Å²) in [6, 6.07) is 5.06. The van der Waals surface area contributed by atoms with Crippen LogP contribution in [0.25, 0.3) is 5.52 Å². The number of fused-ring (bicyclic) bond motifs is 1. The van der Waals surface area contributed by atoms with Crippen LogP contribution < -0.4 is 5.73 Å². The molecular formula is C24H33N5O6. The maximum Gasteiger partial charge on any atom is 0.508 e. The van der Waals surface area contributed by atoms with Gasteiger partial charge in [0.15, 0.2) is 5.82 Å². The molecule has 11 heteroatoms. The molecule has 1 aliphatic carbocycles. The topological polar surface area (TPSA) is 165 Å². The number of nitriles is 1. The van der Waals surface area contributed by atoms with E-state index in [-0.39, 0.29) is 28.4 Å². The molecule has 35 heavy (non-hydrogen) atoms. The number of nitrogens with zero attached hydrogens (tertiary/aromatic N) is 4. The van der Waals surface area contributed by atoms with Gasteiger partial charge in [-0.25, -0.2) is 14.3 Å². The quantitative estimate of drug-likeness (QED) is 0.532. The molecule has 0 radical (unpaired) electrons. The molecule has 0 amide bonds. The zero-order valence-electron chi connectivity index (χ0n) is 20.6. The zero-order valence-corrected chi connectivity index (χ0v) is 20.6. The minimum absolute atomic E-state index is 0.0269. The Morgan fingerprint density at radius 1 is 1.37 bits per heavy atom. The highest BCUT2D eigenvalue weighted by molar-refractivity contribution is 5.66. The van der Waals surface area contributed by atoms with Crippen LogP contribution in [0.2, 0.25) is 0 Å². The van der Waals surface area contributed by atoms with Gasteiger partial charge >= 0.3 is 6.16 Å². The van der Waals surface area contributed by atoms with Crippen molar-refractivity contribution in [3.63, 3.8) is 0 Å². The average Bonchev–Trinajstić information content (AvgIpc) is 3.42. The van der Waals surface area contributed by atoms with Crippen molar-refractivity contribution >= 4 is 17.5 Å². The van der Waals surface area contributed by atoms with Gasteiger partial charge in [-0.3, -0.25) is 0 Å². The van der Waals surface area contributed by atoms with E-state index < -0.39 is 36.7 Å². The van der Waals surface area contributed by atoms with Crippen LogP contribution in [0.5, 0.6) is 0 Å². The van der Waals surface area contributed by atoms with Crippen molar-refractivity contribution in [2.45, 2.75) is 77.5 Å². The lowest BCUT2D eigenvalue weighted by Gasteiger charge is -2.42. The highest BCUT2D eigenvalue weighted by Crippen LogP contribution is 2.58. The van der Waals surface area contributed by atoms with E-state index in [1.165, 1.54) is 16.9 Å². The van der Waals surface area contributed by atoms with Gasteiger partial charge in [0.2, 0.25) is 5.60 Å². The molecular weight excluding hydrogens is 454 g/mol. The van der Waals surface area contributed by atoms with Gasteiger partial charge in [0.25, 0.3) is 0 Å². The third-order valence-electron chi connectivity index (χ3n) is 8.81. The lowest BCUT2D eigenvalue weighted by molar-refractivity contribution is -0.0839. The predicted molar refractivity (Wildman–Crippen MR) is 124 cm³/mol. The monoisotopic (exact) mass is 487 g/mol. The number of aliphatic hydroxyl groups excluding tert-OH is 2. The lowest BCUT2D eigenvalue weighted by atomic mass is 9.64. The molecule has 1 saturated heterocycles. The van der Waals surface area contributed by atoms with Crippen LogP contribution >= 0.6 is 0 Å². The maximum atomic E-state index is 12.6. The summed E-state index contributed by atoms with van der Waals surface area (Å²) in [5.41, 5.74) is 4.24. The number of nitrogen functional groups attached to an aromatic ring is 1. The van der Waals surface area contributed by atoms with Gasteiger partial charge < -0.3 is 30.2 Å². The van der Waals surface area contributed by atoms with E-state index in [4.69, 9.17) is 19.9 Å². The molecule has 2 aromatic heterocycles. The summed E-state index contributed by atoms with van der Waals surface area (Å²) in [5.74, 6) is 0.532. The second-order valence-corrected chi connectivity index (χ2v) is 10.4. The fourth-order valence-electron chi connectivity index (χ4n) is 5.57. The number of nitrogens with two attached hydrogens (primary N) is 1. The van der Waals surface area contributed by atoms with Crippen molar-refractivity contribution in [1.82, 2.24) is 14.6 Å². The highest BCUT2D eigenvalue weighted by atomic mass is 16.7. The van der Waals surface area contributed by atoms with E-state index in [0.29, 0.717) is 11.4 Å². The molecule has 1 unspecified atom stereocenters. The minimum atomic E-state index is -1.96. The molecule has 4 rings (SSSR count). The second kappa shape index (κ2) is 8.62. The summed E-state index contributed by atoms with van der Waals surface area (Å²) >= 11 is 0. The van der Waals surface area contributed by atoms with E-state index in [1.54, 1.807) is 6.07 Å². The third-order valence-corrected chi connectivity index (χ3v) is 8.81. The summed E-state index contributed by atoms with van der Waals surface area (Å²) in [6.45, 7) is 10.3. The highest BCUT2D eigenvalue weighted by Gasteiger charge is 2.59. The summed E-state index contributed by atoms with van der Waals surface area (Å²) in [7, 11) is 0. The average molecular weight is 488 g/mol. The van der Waals surface area contributed by atoms with E-state index in [0.717, 1.165) is 12.8 Å². The molecule has 0 aromatic carbocycles. The molecule has 2 aliphatic rings. The van der Waals surface area contributed by atoms with E-state index >= 15 is 0 Å². The van der Waals surface area contributed by atoms with Crippen LogP contribution in [0.4, 0.5) is 10.6 Å². The molecule has 2 fully saturated rings. The van der Waals surface area contributed by atoms with Crippen LogP contribution in [0.3, 0.4) is 0 Å². The van der Waals surface area contributed by atoms with Gasteiger partial charge in [0.1, 0.15) is 48.9 Å². The fourth-order valence-corrected chi connectivity index (χ4v) is 5.57. The van der Waals surface area contributed by atoms with Crippen molar-refractivity contribution in [2.75, 3.05) is 12.3 Å². The Morgan fingerprint density at radius 2 is 2.09 bits per heavy atom. The first-order valence-corrected chi connectivity index (χ1v) is 11.8. The van der Waals surface area contributed by atoms with Crippen molar-refractivity contribution in [3.05, 3.63) is 24.2 Å². The molecule has 7 atom stereocenters. The third kappa shape index (κ3) is 3.63. The predicted octanol–water partition coefficient (Wildman–Crippen LogP) is 2.16. The number of hydrogen-bond donors (Lipinski definition) is 3.